The van der Waals surface area contributed by atoms with Gasteiger partial charge in [0.15, 0.2) is 0 Å². The summed E-state index contributed by atoms with van der Waals surface area (Å²) < 4.78 is 0. The van der Waals surface area contributed by atoms with Gasteiger partial charge in [0.2, 0.25) is 0 Å². The Morgan fingerprint density at radius 3 is 2.67 bits per heavy atom. The predicted octanol–water partition coefficient (Wildman–Crippen LogP) is 3.19. The first kappa shape index (κ1) is 9.24. The Bertz CT molecular complexity index is 244. The minimum absolute atomic E-state index is 0.531. The van der Waals surface area contributed by atoms with Crippen molar-refractivity contribution in [1.29, 1.82) is 0 Å². The van der Waals surface area contributed by atoms with E-state index in [2.05, 4.69) is 38.8 Å². The van der Waals surface area contributed by atoms with Crippen molar-refractivity contribution in [2.45, 2.75) is 27.7 Å². The molecule has 12 heavy (non-hydrogen) atoms. The Labute approximate surface area is 74.9 Å². The molecule has 0 spiro atoms. The molecule has 1 heteroatoms. The van der Waals surface area contributed by atoms with Crippen molar-refractivity contribution in [3.8, 4) is 0 Å². The van der Waals surface area contributed by atoms with E-state index in [4.69, 9.17) is 0 Å². The average molecular weight is 163 g/mol. The highest BCUT2D eigenvalue weighted by Gasteiger charge is 2.11. The Hall–Kier alpha value is -0.850. The lowest BCUT2D eigenvalue weighted by molar-refractivity contribution is 0.715. The largest absolute Gasteiger partial charge is 0.261 e. The third kappa shape index (κ3) is 1.84. The van der Waals surface area contributed by atoms with E-state index in [-0.39, 0.29) is 0 Å². The molecule has 0 fully saturated rings. The van der Waals surface area contributed by atoms with E-state index in [9.17, 15) is 0 Å². The molecule has 0 aliphatic carbocycles. The Morgan fingerprint density at radius 2 is 2.08 bits per heavy atom. The van der Waals surface area contributed by atoms with Crippen LogP contribution in [0.2, 0.25) is 0 Å². The highest BCUT2D eigenvalue weighted by molar-refractivity contribution is 5.73. The van der Waals surface area contributed by atoms with Crippen molar-refractivity contribution in [2.24, 2.45) is 16.8 Å². The zero-order chi connectivity index (χ0) is 9.14. The first-order valence-electron chi connectivity index (χ1n) is 4.54. The van der Waals surface area contributed by atoms with Crippen LogP contribution >= 0.6 is 0 Å². The molecular weight excluding hydrogens is 146 g/mol. The maximum Gasteiger partial charge on any atom is 0.0424 e. The molecule has 1 unspecified atom stereocenters. The van der Waals surface area contributed by atoms with E-state index >= 15 is 0 Å². The second-order valence-electron chi connectivity index (χ2n) is 3.67. The SMILES string of the molecule is CC1=C(C(C)C)N=CC=CC1C. The first-order chi connectivity index (χ1) is 5.63. The van der Waals surface area contributed by atoms with Crippen LogP contribution in [0, 0.1) is 11.8 Å². The highest BCUT2D eigenvalue weighted by Crippen LogP contribution is 2.24. The lowest BCUT2D eigenvalue weighted by atomic mass is 9.96. The topological polar surface area (TPSA) is 12.4 Å². The van der Waals surface area contributed by atoms with Crippen molar-refractivity contribution in [1.82, 2.24) is 0 Å². The molecule has 1 rings (SSSR count). The van der Waals surface area contributed by atoms with Gasteiger partial charge in [-0.25, -0.2) is 0 Å². The Morgan fingerprint density at radius 1 is 1.42 bits per heavy atom. The summed E-state index contributed by atoms with van der Waals surface area (Å²) in [6, 6.07) is 0. The van der Waals surface area contributed by atoms with Gasteiger partial charge in [0.25, 0.3) is 0 Å². The fourth-order valence-electron chi connectivity index (χ4n) is 1.42. The van der Waals surface area contributed by atoms with Crippen LogP contribution in [-0.2, 0) is 0 Å². The Kier molecular flexibility index (Phi) is 2.85. The van der Waals surface area contributed by atoms with Gasteiger partial charge in [-0.15, -0.1) is 0 Å². The summed E-state index contributed by atoms with van der Waals surface area (Å²) in [5.41, 5.74) is 2.64. The first-order valence-corrected chi connectivity index (χ1v) is 4.54. The molecule has 0 radical (unpaired) electrons. The standard InChI is InChI=1S/C11H17N/c1-8(2)11-10(4)9(3)6-5-7-12-11/h5-9H,1-4H3. The van der Waals surface area contributed by atoms with Crippen molar-refractivity contribution in [3.05, 3.63) is 23.4 Å². The average Bonchev–Trinajstić information content (AvgIpc) is 2.15. The summed E-state index contributed by atoms with van der Waals surface area (Å²) in [4.78, 5) is 4.42. The molecule has 1 atom stereocenters. The molecule has 0 aromatic carbocycles. The van der Waals surface area contributed by atoms with Gasteiger partial charge in [-0.3, -0.25) is 4.99 Å². The molecule has 1 aliphatic rings. The molecule has 0 saturated heterocycles. The van der Waals surface area contributed by atoms with Crippen molar-refractivity contribution >= 4 is 6.21 Å². The summed E-state index contributed by atoms with van der Waals surface area (Å²) >= 11 is 0. The highest BCUT2D eigenvalue weighted by atomic mass is 14.7. The molecule has 0 saturated carbocycles. The van der Waals surface area contributed by atoms with Crippen LogP contribution in [0.5, 0.6) is 0 Å². The van der Waals surface area contributed by atoms with Crippen LogP contribution in [0.15, 0.2) is 28.4 Å². The molecule has 1 heterocycles. The molecule has 0 bridgehead atoms. The molecule has 0 amide bonds. The molecule has 1 aliphatic heterocycles. The molecule has 0 aromatic rings. The van der Waals surface area contributed by atoms with Gasteiger partial charge in [0, 0.05) is 11.9 Å². The number of hydrogen-bond acceptors (Lipinski definition) is 1. The maximum absolute atomic E-state index is 4.42. The lowest BCUT2D eigenvalue weighted by Crippen LogP contribution is -1.99. The van der Waals surface area contributed by atoms with Crippen LogP contribution in [0.1, 0.15) is 27.7 Å². The summed E-state index contributed by atoms with van der Waals surface area (Å²) in [6.45, 7) is 8.76. The second kappa shape index (κ2) is 3.70. The quantitative estimate of drug-likeness (QED) is 0.563. The van der Waals surface area contributed by atoms with E-state index in [1.54, 1.807) is 0 Å². The third-order valence-electron chi connectivity index (χ3n) is 2.33. The van der Waals surface area contributed by atoms with Crippen molar-refractivity contribution < 1.29 is 0 Å². The fourth-order valence-corrected chi connectivity index (χ4v) is 1.42. The fraction of sp³-hybridized carbons (Fsp3) is 0.545. The lowest BCUT2D eigenvalue weighted by Gasteiger charge is -2.12. The smallest absolute Gasteiger partial charge is 0.0424 e. The van der Waals surface area contributed by atoms with Gasteiger partial charge in [-0.05, 0) is 30.4 Å². The van der Waals surface area contributed by atoms with E-state index in [0.717, 1.165) is 0 Å². The Balaban J connectivity index is 3.01. The van der Waals surface area contributed by atoms with Crippen LogP contribution in [-0.4, -0.2) is 6.21 Å². The predicted molar refractivity (Wildman–Crippen MR) is 54.3 cm³/mol. The van der Waals surface area contributed by atoms with E-state index < -0.39 is 0 Å². The maximum atomic E-state index is 4.42. The summed E-state index contributed by atoms with van der Waals surface area (Å²) in [5.74, 6) is 1.06. The normalized spacial score (nSPS) is 23.6. The zero-order valence-corrected chi connectivity index (χ0v) is 8.33. The number of hydrogen-bond donors (Lipinski definition) is 0. The van der Waals surface area contributed by atoms with Crippen LogP contribution in [0.25, 0.3) is 0 Å². The number of aliphatic imine (C=N–C) groups is 1. The summed E-state index contributed by atoms with van der Waals surface area (Å²) in [5, 5.41) is 0. The molecule has 0 N–H and O–H groups in total. The van der Waals surface area contributed by atoms with Gasteiger partial charge in [-0.1, -0.05) is 26.8 Å². The molecule has 1 nitrogen and oxygen atoms in total. The van der Waals surface area contributed by atoms with Crippen LogP contribution in [0.3, 0.4) is 0 Å². The van der Waals surface area contributed by atoms with Crippen LogP contribution in [0.4, 0.5) is 0 Å². The monoisotopic (exact) mass is 163 g/mol. The second-order valence-corrected chi connectivity index (χ2v) is 3.67. The van der Waals surface area contributed by atoms with Gasteiger partial charge in [-0.2, -0.15) is 0 Å². The number of rotatable bonds is 1. The third-order valence-corrected chi connectivity index (χ3v) is 2.33. The summed E-state index contributed by atoms with van der Waals surface area (Å²) in [6.07, 6.45) is 6.11. The zero-order valence-electron chi connectivity index (χ0n) is 8.33. The van der Waals surface area contributed by atoms with E-state index in [1.165, 1.54) is 11.3 Å². The minimum atomic E-state index is 0.531. The molecular formula is C11H17N. The minimum Gasteiger partial charge on any atom is -0.261 e. The van der Waals surface area contributed by atoms with E-state index in [0.29, 0.717) is 11.8 Å². The molecule has 0 aromatic heterocycles. The van der Waals surface area contributed by atoms with Crippen molar-refractivity contribution in [3.63, 3.8) is 0 Å². The number of nitrogens with zero attached hydrogens (tertiary/aromatic N) is 1. The van der Waals surface area contributed by atoms with Gasteiger partial charge in [0.1, 0.15) is 0 Å². The van der Waals surface area contributed by atoms with Gasteiger partial charge in [0.05, 0.1) is 0 Å². The number of allylic oxidation sites excluding steroid dienone is 4. The van der Waals surface area contributed by atoms with Crippen molar-refractivity contribution in [2.75, 3.05) is 0 Å². The summed E-state index contributed by atoms with van der Waals surface area (Å²) in [7, 11) is 0. The van der Waals surface area contributed by atoms with Gasteiger partial charge >= 0.3 is 0 Å². The van der Waals surface area contributed by atoms with Crippen LogP contribution < -0.4 is 0 Å². The van der Waals surface area contributed by atoms with E-state index in [1.807, 2.05) is 12.3 Å². The molecule has 66 valence electrons. The van der Waals surface area contributed by atoms with Gasteiger partial charge < -0.3 is 0 Å².